The van der Waals surface area contributed by atoms with E-state index in [4.69, 9.17) is 0 Å². The van der Waals surface area contributed by atoms with Crippen LogP contribution in [0.15, 0.2) is 0 Å². The maximum Gasteiger partial charge on any atom is -0.00180 e. The number of unbranched alkanes of at least 4 members (excludes halogenated alkanes) is 1. The van der Waals surface area contributed by atoms with E-state index in [1.165, 1.54) is 45.1 Å². The molecular formula is C16H35N. The first-order chi connectivity index (χ1) is 8.15. The van der Waals surface area contributed by atoms with Crippen LogP contribution in [-0.2, 0) is 0 Å². The van der Waals surface area contributed by atoms with Gasteiger partial charge in [0.1, 0.15) is 0 Å². The van der Waals surface area contributed by atoms with E-state index in [0.717, 1.165) is 24.3 Å². The summed E-state index contributed by atoms with van der Waals surface area (Å²) in [7, 11) is 0. The van der Waals surface area contributed by atoms with Crippen LogP contribution in [0.5, 0.6) is 0 Å². The van der Waals surface area contributed by atoms with Crippen LogP contribution in [0.4, 0.5) is 0 Å². The van der Waals surface area contributed by atoms with Crippen molar-refractivity contribution in [1.29, 1.82) is 0 Å². The fourth-order valence-corrected chi connectivity index (χ4v) is 2.74. The standard InChI is InChI=1S/C16H35N/c1-6-9-11-15(5)16(13-17-8-3)12-14(4)10-7-2/h14-17H,6-13H2,1-5H3. The quantitative estimate of drug-likeness (QED) is 0.544. The molecule has 1 nitrogen and oxygen atoms in total. The van der Waals surface area contributed by atoms with Gasteiger partial charge >= 0.3 is 0 Å². The Morgan fingerprint density at radius 1 is 0.941 bits per heavy atom. The van der Waals surface area contributed by atoms with Crippen molar-refractivity contribution >= 4 is 0 Å². The molecule has 0 rings (SSSR count). The van der Waals surface area contributed by atoms with Crippen molar-refractivity contribution in [2.24, 2.45) is 17.8 Å². The fourth-order valence-electron chi connectivity index (χ4n) is 2.74. The molecular weight excluding hydrogens is 206 g/mol. The molecule has 3 atom stereocenters. The third kappa shape index (κ3) is 8.65. The summed E-state index contributed by atoms with van der Waals surface area (Å²) in [5, 5.41) is 3.55. The zero-order chi connectivity index (χ0) is 13.1. The summed E-state index contributed by atoms with van der Waals surface area (Å²) in [5.74, 6) is 2.66. The van der Waals surface area contributed by atoms with Crippen LogP contribution in [0.2, 0.25) is 0 Å². The molecule has 0 aliphatic carbocycles. The summed E-state index contributed by atoms with van der Waals surface area (Å²) < 4.78 is 0. The van der Waals surface area contributed by atoms with E-state index in [1.54, 1.807) is 0 Å². The second kappa shape index (κ2) is 11.1. The van der Waals surface area contributed by atoms with Gasteiger partial charge in [0.15, 0.2) is 0 Å². The maximum atomic E-state index is 3.55. The van der Waals surface area contributed by atoms with Crippen molar-refractivity contribution in [3.63, 3.8) is 0 Å². The molecule has 0 aliphatic heterocycles. The Bertz CT molecular complexity index is 156. The summed E-state index contributed by atoms with van der Waals surface area (Å²) >= 11 is 0. The van der Waals surface area contributed by atoms with Crippen LogP contribution in [0, 0.1) is 17.8 Å². The number of hydrogen-bond acceptors (Lipinski definition) is 1. The second-order valence-electron chi connectivity index (χ2n) is 5.82. The minimum Gasteiger partial charge on any atom is -0.317 e. The number of rotatable bonds is 11. The van der Waals surface area contributed by atoms with E-state index in [1.807, 2.05) is 0 Å². The molecule has 104 valence electrons. The van der Waals surface area contributed by atoms with Gasteiger partial charge in [-0.3, -0.25) is 0 Å². The van der Waals surface area contributed by atoms with E-state index in [2.05, 4.69) is 39.9 Å². The molecule has 17 heavy (non-hydrogen) atoms. The molecule has 0 fully saturated rings. The van der Waals surface area contributed by atoms with E-state index in [-0.39, 0.29) is 0 Å². The second-order valence-corrected chi connectivity index (χ2v) is 5.82. The Hall–Kier alpha value is -0.0400. The lowest BCUT2D eigenvalue weighted by Crippen LogP contribution is -2.28. The number of hydrogen-bond donors (Lipinski definition) is 1. The highest BCUT2D eigenvalue weighted by Gasteiger charge is 2.18. The van der Waals surface area contributed by atoms with Gasteiger partial charge in [0.2, 0.25) is 0 Å². The van der Waals surface area contributed by atoms with E-state index < -0.39 is 0 Å². The predicted molar refractivity (Wildman–Crippen MR) is 79.4 cm³/mol. The largest absolute Gasteiger partial charge is 0.317 e. The van der Waals surface area contributed by atoms with Crippen molar-refractivity contribution in [2.75, 3.05) is 13.1 Å². The highest BCUT2D eigenvalue weighted by Crippen LogP contribution is 2.26. The van der Waals surface area contributed by atoms with E-state index in [9.17, 15) is 0 Å². The van der Waals surface area contributed by atoms with Gasteiger partial charge in [-0.2, -0.15) is 0 Å². The molecule has 0 heterocycles. The van der Waals surface area contributed by atoms with Crippen molar-refractivity contribution in [2.45, 2.75) is 73.1 Å². The van der Waals surface area contributed by atoms with E-state index >= 15 is 0 Å². The van der Waals surface area contributed by atoms with Crippen LogP contribution in [0.25, 0.3) is 0 Å². The molecule has 0 radical (unpaired) electrons. The third-order valence-corrected chi connectivity index (χ3v) is 3.96. The molecule has 0 spiro atoms. The van der Waals surface area contributed by atoms with Crippen LogP contribution >= 0.6 is 0 Å². The molecule has 0 bridgehead atoms. The average Bonchev–Trinajstić information content (AvgIpc) is 2.31. The van der Waals surface area contributed by atoms with Gasteiger partial charge in [0.05, 0.1) is 0 Å². The molecule has 1 N–H and O–H groups in total. The molecule has 0 aromatic carbocycles. The molecule has 0 aliphatic rings. The Morgan fingerprint density at radius 2 is 1.65 bits per heavy atom. The average molecular weight is 241 g/mol. The molecule has 0 aromatic heterocycles. The van der Waals surface area contributed by atoms with Crippen molar-refractivity contribution in [3.8, 4) is 0 Å². The van der Waals surface area contributed by atoms with Gasteiger partial charge in [0.25, 0.3) is 0 Å². The predicted octanol–water partition coefficient (Wildman–Crippen LogP) is 4.86. The van der Waals surface area contributed by atoms with Gasteiger partial charge < -0.3 is 5.32 Å². The van der Waals surface area contributed by atoms with Gasteiger partial charge in [-0.25, -0.2) is 0 Å². The summed E-state index contributed by atoms with van der Waals surface area (Å²) in [5.41, 5.74) is 0. The van der Waals surface area contributed by atoms with Gasteiger partial charge in [-0.1, -0.05) is 66.7 Å². The molecule has 3 unspecified atom stereocenters. The molecule has 0 saturated heterocycles. The Kier molecular flexibility index (Phi) is 11.0. The van der Waals surface area contributed by atoms with Gasteiger partial charge in [-0.05, 0) is 37.3 Å². The zero-order valence-electron chi connectivity index (χ0n) is 12.9. The number of nitrogens with one attached hydrogen (secondary N) is 1. The summed E-state index contributed by atoms with van der Waals surface area (Å²) in [6, 6.07) is 0. The monoisotopic (exact) mass is 241 g/mol. The third-order valence-electron chi connectivity index (χ3n) is 3.96. The maximum absolute atomic E-state index is 3.55. The first kappa shape index (κ1) is 17.0. The first-order valence-electron chi connectivity index (χ1n) is 7.86. The van der Waals surface area contributed by atoms with Crippen LogP contribution in [-0.4, -0.2) is 13.1 Å². The van der Waals surface area contributed by atoms with Crippen LogP contribution in [0.3, 0.4) is 0 Å². The summed E-state index contributed by atoms with van der Waals surface area (Å²) in [6.45, 7) is 14.0. The van der Waals surface area contributed by atoms with Gasteiger partial charge in [0, 0.05) is 0 Å². The van der Waals surface area contributed by atoms with Crippen molar-refractivity contribution in [1.82, 2.24) is 5.32 Å². The normalized spacial score (nSPS) is 16.8. The minimum atomic E-state index is 0.878. The Morgan fingerprint density at radius 3 is 2.18 bits per heavy atom. The lowest BCUT2D eigenvalue weighted by molar-refractivity contribution is 0.258. The van der Waals surface area contributed by atoms with Crippen molar-refractivity contribution in [3.05, 3.63) is 0 Å². The highest BCUT2D eigenvalue weighted by atomic mass is 14.8. The topological polar surface area (TPSA) is 12.0 Å². The van der Waals surface area contributed by atoms with Crippen LogP contribution < -0.4 is 5.32 Å². The fraction of sp³-hybridized carbons (Fsp3) is 1.00. The zero-order valence-corrected chi connectivity index (χ0v) is 12.9. The highest BCUT2D eigenvalue weighted by molar-refractivity contribution is 4.72. The molecule has 0 amide bonds. The Labute approximate surface area is 110 Å². The molecule has 0 saturated carbocycles. The van der Waals surface area contributed by atoms with Gasteiger partial charge in [-0.15, -0.1) is 0 Å². The first-order valence-corrected chi connectivity index (χ1v) is 7.86. The smallest absolute Gasteiger partial charge is 0.00180 e. The van der Waals surface area contributed by atoms with Crippen LogP contribution in [0.1, 0.15) is 73.1 Å². The molecule has 1 heteroatoms. The Balaban J connectivity index is 4.10. The summed E-state index contributed by atoms with van der Waals surface area (Å²) in [6.07, 6.45) is 8.27. The lowest BCUT2D eigenvalue weighted by atomic mass is 9.82. The minimum absolute atomic E-state index is 0.878. The molecule has 0 aromatic rings. The SMILES string of the molecule is CCCCC(C)C(CNCC)CC(C)CCC. The van der Waals surface area contributed by atoms with E-state index in [0.29, 0.717) is 0 Å². The van der Waals surface area contributed by atoms with Crippen molar-refractivity contribution < 1.29 is 0 Å². The lowest BCUT2D eigenvalue weighted by Gasteiger charge is -2.27. The summed E-state index contributed by atoms with van der Waals surface area (Å²) in [4.78, 5) is 0.